The Labute approximate surface area is 203 Å². The molecule has 0 radical (unpaired) electrons. The molecule has 1 N–H and O–H groups in total. The molecule has 2 rings (SSSR count). The van der Waals surface area contributed by atoms with Crippen LogP contribution in [0.1, 0.15) is 18.9 Å². The predicted octanol–water partition coefficient (Wildman–Crippen LogP) is 2.82. The quantitative estimate of drug-likeness (QED) is 0.185. The maximum Gasteiger partial charge on any atom is 0.193 e. The van der Waals surface area contributed by atoms with Crippen LogP contribution in [-0.2, 0) is 15.9 Å². The van der Waals surface area contributed by atoms with Crippen molar-refractivity contribution in [2.24, 2.45) is 10.9 Å². The van der Waals surface area contributed by atoms with E-state index in [2.05, 4.69) is 17.1 Å². The molecule has 0 amide bonds. The van der Waals surface area contributed by atoms with Crippen LogP contribution in [0.4, 0.5) is 0 Å². The van der Waals surface area contributed by atoms with Gasteiger partial charge in [0.25, 0.3) is 0 Å². The first-order valence-corrected chi connectivity index (χ1v) is 10.6. The van der Waals surface area contributed by atoms with E-state index in [1.54, 1.807) is 28.4 Å². The molecular formula is C22H38IN3O5. The third-order valence-electron chi connectivity index (χ3n) is 5.15. The highest BCUT2D eigenvalue weighted by Crippen LogP contribution is 2.34. The molecule has 31 heavy (non-hydrogen) atoms. The first-order valence-electron chi connectivity index (χ1n) is 10.6. The Hall–Kier alpha value is -1.46. The number of nitrogens with one attached hydrogen (secondary N) is 1. The van der Waals surface area contributed by atoms with Crippen molar-refractivity contribution in [2.45, 2.75) is 19.8 Å². The van der Waals surface area contributed by atoms with Crippen LogP contribution in [0.5, 0.6) is 17.2 Å². The summed E-state index contributed by atoms with van der Waals surface area (Å²) in [6.07, 6.45) is 1.82. The molecule has 1 unspecified atom stereocenters. The number of ether oxygens (including phenoxy) is 5. The summed E-state index contributed by atoms with van der Waals surface area (Å²) in [6, 6.07) is 3.75. The maximum absolute atomic E-state index is 5.70. The van der Waals surface area contributed by atoms with Gasteiger partial charge in [0.2, 0.25) is 0 Å². The van der Waals surface area contributed by atoms with E-state index in [1.807, 2.05) is 12.1 Å². The third-order valence-corrected chi connectivity index (χ3v) is 5.15. The highest BCUT2D eigenvalue weighted by atomic mass is 127. The van der Waals surface area contributed by atoms with E-state index in [4.69, 9.17) is 28.7 Å². The smallest absolute Gasteiger partial charge is 0.193 e. The van der Waals surface area contributed by atoms with Crippen LogP contribution in [0.2, 0.25) is 0 Å². The van der Waals surface area contributed by atoms with Gasteiger partial charge >= 0.3 is 0 Å². The number of aliphatic imine (C=N–C) groups is 1. The Morgan fingerprint density at radius 3 is 2.39 bits per heavy atom. The van der Waals surface area contributed by atoms with E-state index in [9.17, 15) is 0 Å². The molecule has 0 bridgehead atoms. The van der Waals surface area contributed by atoms with Gasteiger partial charge in [-0.05, 0) is 19.8 Å². The lowest BCUT2D eigenvalue weighted by Gasteiger charge is -2.22. The summed E-state index contributed by atoms with van der Waals surface area (Å²) >= 11 is 0. The largest absolute Gasteiger partial charge is 0.496 e. The summed E-state index contributed by atoms with van der Waals surface area (Å²) in [5.74, 6) is 3.68. The Morgan fingerprint density at radius 2 is 1.81 bits per heavy atom. The number of likely N-dealkylation sites (tertiary alicyclic amines) is 1. The van der Waals surface area contributed by atoms with E-state index < -0.39 is 0 Å². The molecule has 1 heterocycles. The lowest BCUT2D eigenvalue weighted by Crippen LogP contribution is -2.40. The summed E-state index contributed by atoms with van der Waals surface area (Å²) in [4.78, 5) is 7.17. The van der Waals surface area contributed by atoms with E-state index in [0.29, 0.717) is 37.8 Å². The molecule has 178 valence electrons. The first kappa shape index (κ1) is 27.6. The lowest BCUT2D eigenvalue weighted by atomic mass is 10.1. The third kappa shape index (κ3) is 8.53. The number of hydrogen-bond donors (Lipinski definition) is 1. The predicted molar refractivity (Wildman–Crippen MR) is 134 cm³/mol. The molecule has 1 fully saturated rings. The number of methoxy groups -OCH3 is 4. The number of hydrogen-bond acceptors (Lipinski definition) is 6. The van der Waals surface area contributed by atoms with Gasteiger partial charge in [0.1, 0.15) is 17.2 Å². The van der Waals surface area contributed by atoms with Gasteiger partial charge in [0.05, 0.1) is 41.2 Å². The van der Waals surface area contributed by atoms with E-state index >= 15 is 0 Å². The minimum atomic E-state index is 0. The minimum Gasteiger partial charge on any atom is -0.496 e. The molecule has 8 nitrogen and oxygen atoms in total. The Balaban J connectivity index is 0.00000480. The molecule has 1 aliphatic rings. The number of rotatable bonds is 12. The standard InChI is InChI=1S/C22H37N3O5.HI/c1-6-23-22(25-10-8-17(15-25)16-30-12-11-26-2)24-9-7-19-20(28-4)13-18(27-3)14-21(19)29-5;/h13-14,17H,6-12,15-16H2,1-5H3,(H,23,24);1H. The van der Waals surface area contributed by atoms with Gasteiger partial charge < -0.3 is 33.9 Å². The van der Waals surface area contributed by atoms with Crippen LogP contribution >= 0.6 is 24.0 Å². The Morgan fingerprint density at radius 1 is 1.10 bits per heavy atom. The Bertz CT molecular complexity index is 650. The topological polar surface area (TPSA) is 73.8 Å². The van der Waals surface area contributed by atoms with Crippen LogP contribution in [-0.4, -0.2) is 85.3 Å². The summed E-state index contributed by atoms with van der Waals surface area (Å²) in [7, 11) is 6.64. The average Bonchev–Trinajstić information content (AvgIpc) is 3.24. The van der Waals surface area contributed by atoms with Gasteiger partial charge in [-0.1, -0.05) is 0 Å². The van der Waals surface area contributed by atoms with Gasteiger partial charge in [-0.3, -0.25) is 4.99 Å². The second-order valence-corrected chi connectivity index (χ2v) is 7.16. The molecule has 9 heteroatoms. The number of nitrogens with zero attached hydrogens (tertiary/aromatic N) is 2. The van der Waals surface area contributed by atoms with Gasteiger partial charge in [-0.15, -0.1) is 24.0 Å². The zero-order valence-corrected chi connectivity index (χ0v) is 21.8. The fourth-order valence-electron chi connectivity index (χ4n) is 3.58. The van der Waals surface area contributed by atoms with Crippen molar-refractivity contribution in [1.29, 1.82) is 0 Å². The van der Waals surface area contributed by atoms with Crippen molar-refractivity contribution in [3.8, 4) is 17.2 Å². The summed E-state index contributed by atoms with van der Waals surface area (Å²) in [5.41, 5.74) is 0.992. The van der Waals surface area contributed by atoms with Crippen molar-refractivity contribution in [1.82, 2.24) is 10.2 Å². The molecule has 1 aromatic carbocycles. The normalized spacial score (nSPS) is 16.1. The highest BCUT2D eigenvalue weighted by Gasteiger charge is 2.25. The van der Waals surface area contributed by atoms with Crippen molar-refractivity contribution >= 4 is 29.9 Å². The fraction of sp³-hybridized carbons (Fsp3) is 0.682. The van der Waals surface area contributed by atoms with Gasteiger partial charge in [0, 0.05) is 56.9 Å². The average molecular weight is 551 g/mol. The summed E-state index contributed by atoms with van der Waals surface area (Å²) < 4.78 is 27.2. The van der Waals surface area contributed by atoms with Crippen LogP contribution in [0.3, 0.4) is 0 Å². The monoisotopic (exact) mass is 551 g/mol. The lowest BCUT2D eigenvalue weighted by molar-refractivity contribution is 0.0536. The van der Waals surface area contributed by atoms with E-state index in [-0.39, 0.29) is 24.0 Å². The maximum atomic E-state index is 5.70. The first-order chi connectivity index (χ1) is 14.7. The van der Waals surface area contributed by atoms with Crippen LogP contribution in [0, 0.1) is 5.92 Å². The zero-order valence-electron chi connectivity index (χ0n) is 19.4. The molecule has 1 saturated heterocycles. The zero-order chi connectivity index (χ0) is 21.8. The van der Waals surface area contributed by atoms with Gasteiger partial charge in [0.15, 0.2) is 5.96 Å². The Kier molecular flexibility index (Phi) is 13.7. The van der Waals surface area contributed by atoms with Gasteiger partial charge in [-0.2, -0.15) is 0 Å². The van der Waals surface area contributed by atoms with Crippen LogP contribution < -0.4 is 19.5 Å². The second-order valence-electron chi connectivity index (χ2n) is 7.16. The molecule has 0 aliphatic carbocycles. The molecular weight excluding hydrogens is 513 g/mol. The highest BCUT2D eigenvalue weighted by molar-refractivity contribution is 14.0. The summed E-state index contributed by atoms with van der Waals surface area (Å²) in [6.45, 7) is 7.54. The minimum absolute atomic E-state index is 0. The number of halogens is 1. The van der Waals surface area contributed by atoms with E-state index in [1.165, 1.54) is 0 Å². The molecule has 0 spiro atoms. The molecule has 0 saturated carbocycles. The van der Waals surface area contributed by atoms with E-state index in [0.717, 1.165) is 55.7 Å². The van der Waals surface area contributed by atoms with Crippen molar-refractivity contribution < 1.29 is 23.7 Å². The van der Waals surface area contributed by atoms with Gasteiger partial charge in [-0.25, -0.2) is 0 Å². The SMILES string of the molecule is CCNC(=NCCc1c(OC)cc(OC)cc1OC)N1CCC(COCCOC)C1.I. The summed E-state index contributed by atoms with van der Waals surface area (Å²) in [5, 5.41) is 3.42. The second kappa shape index (κ2) is 15.4. The molecule has 1 aliphatic heterocycles. The number of guanidine groups is 1. The fourth-order valence-corrected chi connectivity index (χ4v) is 3.58. The van der Waals surface area contributed by atoms with Crippen LogP contribution in [0.25, 0.3) is 0 Å². The van der Waals surface area contributed by atoms with Crippen LogP contribution in [0.15, 0.2) is 17.1 Å². The van der Waals surface area contributed by atoms with Crippen molar-refractivity contribution in [2.75, 3.05) is 74.4 Å². The molecule has 1 atom stereocenters. The number of benzene rings is 1. The molecule has 0 aromatic heterocycles. The van der Waals surface area contributed by atoms with Crippen molar-refractivity contribution in [3.63, 3.8) is 0 Å². The van der Waals surface area contributed by atoms with Crippen molar-refractivity contribution in [3.05, 3.63) is 17.7 Å². The molecule has 1 aromatic rings.